The lowest BCUT2D eigenvalue weighted by atomic mass is 10.4. The minimum atomic E-state index is -0.609. The van der Waals surface area contributed by atoms with Crippen LogP contribution in [0, 0.1) is 6.92 Å². The number of rotatable bonds is 3. The lowest BCUT2D eigenvalue weighted by Crippen LogP contribution is -2.07. The van der Waals surface area contributed by atoms with Gasteiger partial charge in [0.05, 0.1) is 6.61 Å². The quantitative estimate of drug-likeness (QED) is 0.514. The first-order valence-corrected chi connectivity index (χ1v) is 2.30. The second-order valence-electron chi connectivity index (χ2n) is 1.39. The van der Waals surface area contributed by atoms with Crippen molar-refractivity contribution in [3.8, 4) is 0 Å². The van der Waals surface area contributed by atoms with Crippen molar-refractivity contribution in [3.63, 3.8) is 0 Å². The van der Waals surface area contributed by atoms with Crippen LogP contribution in [0.5, 0.6) is 0 Å². The third-order valence-electron chi connectivity index (χ3n) is 0.497. The molecular weight excluding hydrogens is 92.1 g/mol. The average molecular weight is 102 g/mol. The molecule has 1 unspecified atom stereocenters. The average Bonchev–Trinajstić information content (AvgIpc) is 1.61. The maximum Gasteiger partial charge on any atom is 0.113 e. The summed E-state index contributed by atoms with van der Waals surface area (Å²) >= 11 is 0. The monoisotopic (exact) mass is 102 g/mol. The van der Waals surface area contributed by atoms with Gasteiger partial charge in [0.25, 0.3) is 0 Å². The van der Waals surface area contributed by atoms with Gasteiger partial charge in [-0.1, -0.05) is 0 Å². The molecule has 0 saturated carbocycles. The van der Waals surface area contributed by atoms with E-state index in [0.29, 0.717) is 6.61 Å². The van der Waals surface area contributed by atoms with Gasteiger partial charge in [0.1, 0.15) is 6.10 Å². The molecule has 0 aliphatic heterocycles. The minimum Gasteiger partial charge on any atom is -0.379 e. The van der Waals surface area contributed by atoms with Crippen LogP contribution in [0.2, 0.25) is 0 Å². The van der Waals surface area contributed by atoms with Crippen molar-refractivity contribution in [2.24, 2.45) is 0 Å². The first-order valence-electron chi connectivity index (χ1n) is 2.30. The van der Waals surface area contributed by atoms with Gasteiger partial charge in [-0.3, -0.25) is 0 Å². The highest BCUT2D eigenvalue weighted by Crippen LogP contribution is 1.80. The van der Waals surface area contributed by atoms with E-state index in [2.05, 4.69) is 11.7 Å². The number of hydrogen-bond donors (Lipinski definition) is 0. The van der Waals surface area contributed by atoms with Crippen molar-refractivity contribution < 1.29 is 9.84 Å². The molecule has 0 aromatic heterocycles. The Kier molecular flexibility index (Phi) is 4.04. The van der Waals surface area contributed by atoms with Crippen LogP contribution in [-0.4, -0.2) is 19.3 Å². The van der Waals surface area contributed by atoms with Crippen LogP contribution in [0.3, 0.4) is 0 Å². The van der Waals surface area contributed by atoms with Crippen LogP contribution in [0.4, 0.5) is 0 Å². The van der Waals surface area contributed by atoms with E-state index in [0.717, 1.165) is 0 Å². The Morgan fingerprint density at radius 2 is 2.43 bits per heavy atom. The van der Waals surface area contributed by atoms with Crippen molar-refractivity contribution in [3.05, 3.63) is 6.92 Å². The van der Waals surface area contributed by atoms with E-state index in [9.17, 15) is 5.11 Å². The molecule has 2 heteroatoms. The predicted octanol–water partition coefficient (Wildman–Crippen LogP) is 0.656. The maximum atomic E-state index is 10.1. The summed E-state index contributed by atoms with van der Waals surface area (Å²) in [5.41, 5.74) is 0. The molecule has 0 bridgehead atoms. The van der Waals surface area contributed by atoms with Crippen LogP contribution < -0.4 is 0 Å². The third kappa shape index (κ3) is 5.92. The Hall–Kier alpha value is -0.0800. The van der Waals surface area contributed by atoms with E-state index < -0.39 is 6.10 Å². The fourth-order valence-electron chi connectivity index (χ4n) is 0.249. The topological polar surface area (TPSA) is 29.1 Å². The van der Waals surface area contributed by atoms with E-state index >= 15 is 0 Å². The van der Waals surface area contributed by atoms with Gasteiger partial charge in [-0.2, -0.15) is 0 Å². The first kappa shape index (κ1) is 6.92. The first-order chi connectivity index (χ1) is 3.27. The fourth-order valence-corrected chi connectivity index (χ4v) is 0.249. The largest absolute Gasteiger partial charge is 0.379 e. The summed E-state index contributed by atoms with van der Waals surface area (Å²) in [6, 6.07) is 0. The van der Waals surface area contributed by atoms with Gasteiger partial charge < -0.3 is 4.74 Å². The zero-order chi connectivity index (χ0) is 5.70. The van der Waals surface area contributed by atoms with Crippen molar-refractivity contribution >= 4 is 0 Å². The summed E-state index contributed by atoms with van der Waals surface area (Å²) in [5, 5.41) is 10.1. The van der Waals surface area contributed by atoms with Crippen LogP contribution in [0.25, 0.3) is 0 Å². The van der Waals surface area contributed by atoms with Gasteiger partial charge in [0.15, 0.2) is 0 Å². The zero-order valence-electron chi connectivity index (χ0n) is 4.52. The second kappa shape index (κ2) is 4.09. The molecule has 1 atom stereocenters. The normalized spacial score (nSPS) is 14.1. The molecule has 0 saturated heterocycles. The van der Waals surface area contributed by atoms with E-state index in [4.69, 9.17) is 0 Å². The SMILES string of the molecule is [CH2]COCC(C)[O]. The Labute approximate surface area is 44.1 Å². The Balaban J connectivity index is 2.68. The van der Waals surface area contributed by atoms with Crippen molar-refractivity contribution in [2.45, 2.75) is 13.0 Å². The molecule has 42 valence electrons. The van der Waals surface area contributed by atoms with E-state index in [1.165, 1.54) is 0 Å². The molecule has 0 amide bonds. The Morgan fingerprint density at radius 1 is 1.86 bits per heavy atom. The number of ether oxygens (including phenoxy) is 1. The lowest BCUT2D eigenvalue weighted by Gasteiger charge is -1.98. The lowest BCUT2D eigenvalue weighted by molar-refractivity contribution is 0.0163. The van der Waals surface area contributed by atoms with Crippen molar-refractivity contribution in [1.82, 2.24) is 0 Å². The summed E-state index contributed by atoms with van der Waals surface area (Å²) in [5.74, 6) is 0. The van der Waals surface area contributed by atoms with Gasteiger partial charge in [0, 0.05) is 6.61 Å². The van der Waals surface area contributed by atoms with Crippen LogP contribution in [0.15, 0.2) is 0 Å². The molecule has 0 aliphatic rings. The molecule has 0 rings (SSSR count). The van der Waals surface area contributed by atoms with Gasteiger partial charge in [0.2, 0.25) is 0 Å². The van der Waals surface area contributed by atoms with Gasteiger partial charge in [-0.05, 0) is 13.8 Å². The Morgan fingerprint density at radius 3 is 2.57 bits per heavy atom. The summed E-state index contributed by atoms with van der Waals surface area (Å²) in [6.45, 7) is 5.64. The molecule has 0 N–H and O–H groups in total. The molecule has 0 aromatic carbocycles. The molecule has 7 heavy (non-hydrogen) atoms. The Bertz CT molecular complexity index is 35.1. The van der Waals surface area contributed by atoms with Crippen molar-refractivity contribution in [1.29, 1.82) is 0 Å². The van der Waals surface area contributed by atoms with E-state index in [1.54, 1.807) is 6.92 Å². The standard InChI is InChI=1S/C5H10O2/c1-3-7-4-5(2)6/h5H,1,3-4H2,2H3. The predicted molar refractivity (Wildman–Crippen MR) is 26.3 cm³/mol. The van der Waals surface area contributed by atoms with Crippen molar-refractivity contribution in [2.75, 3.05) is 13.2 Å². The summed E-state index contributed by atoms with van der Waals surface area (Å²) in [6.07, 6.45) is -0.609. The van der Waals surface area contributed by atoms with E-state index in [-0.39, 0.29) is 6.61 Å². The molecule has 2 radical (unpaired) electrons. The fraction of sp³-hybridized carbons (Fsp3) is 0.800. The summed E-state index contributed by atoms with van der Waals surface area (Å²) in [7, 11) is 0. The molecule has 0 spiro atoms. The second-order valence-corrected chi connectivity index (χ2v) is 1.39. The molecule has 2 nitrogen and oxygen atoms in total. The highest BCUT2D eigenvalue weighted by molar-refractivity contribution is 4.40. The third-order valence-corrected chi connectivity index (χ3v) is 0.497. The smallest absolute Gasteiger partial charge is 0.113 e. The summed E-state index contributed by atoms with van der Waals surface area (Å²) < 4.78 is 4.67. The van der Waals surface area contributed by atoms with Crippen LogP contribution >= 0.6 is 0 Å². The van der Waals surface area contributed by atoms with E-state index in [1.807, 2.05) is 0 Å². The summed E-state index contributed by atoms with van der Waals surface area (Å²) in [4.78, 5) is 0. The van der Waals surface area contributed by atoms with Crippen LogP contribution in [-0.2, 0) is 9.84 Å². The highest BCUT2D eigenvalue weighted by Gasteiger charge is 1.92. The molecule has 0 aromatic rings. The highest BCUT2D eigenvalue weighted by atomic mass is 16.5. The minimum absolute atomic E-state index is 0.281. The molecule has 0 aliphatic carbocycles. The van der Waals surface area contributed by atoms with Gasteiger partial charge in [-0.15, -0.1) is 0 Å². The molecule has 0 fully saturated rings. The number of hydrogen-bond acceptors (Lipinski definition) is 1. The zero-order valence-corrected chi connectivity index (χ0v) is 4.52. The van der Waals surface area contributed by atoms with Crippen LogP contribution in [0.1, 0.15) is 6.92 Å². The maximum absolute atomic E-state index is 10.1. The molecular formula is C5H10O2. The van der Waals surface area contributed by atoms with Gasteiger partial charge >= 0.3 is 0 Å². The van der Waals surface area contributed by atoms with Gasteiger partial charge in [-0.25, -0.2) is 5.11 Å². The molecule has 0 heterocycles.